The number of hydrogen-bond donors (Lipinski definition) is 2. The summed E-state index contributed by atoms with van der Waals surface area (Å²) in [5.74, 6) is 0. The van der Waals surface area contributed by atoms with E-state index in [4.69, 9.17) is 4.74 Å². The maximum absolute atomic E-state index is 12.0. The third kappa shape index (κ3) is 3.26. The molecule has 0 aromatic heterocycles. The van der Waals surface area contributed by atoms with Crippen LogP contribution in [0.1, 0.15) is 5.56 Å². The summed E-state index contributed by atoms with van der Waals surface area (Å²) in [6.07, 6.45) is 0. The Kier molecular flexibility index (Phi) is 3.78. The van der Waals surface area contributed by atoms with Gasteiger partial charge in [0.25, 0.3) is 10.0 Å². The standard InChI is InChI=1S/C11H16N2O3S/c1-10-2-4-11(5-3-10)17(14,15)12-13-6-8-16-9-7-13/h2-5,12H,6-9H2,1H3/p+1. The molecule has 1 aromatic carbocycles. The van der Waals surface area contributed by atoms with Crippen LogP contribution < -0.4 is 9.84 Å². The van der Waals surface area contributed by atoms with E-state index >= 15 is 0 Å². The predicted molar refractivity (Wildman–Crippen MR) is 63.0 cm³/mol. The normalized spacial score (nSPS) is 18.2. The molecule has 0 atom stereocenters. The van der Waals surface area contributed by atoms with Gasteiger partial charge in [0, 0.05) is 0 Å². The first-order valence-electron chi connectivity index (χ1n) is 5.60. The molecule has 2 rings (SSSR count). The SMILES string of the molecule is Cc1ccc(S(=O)(=O)N[NH+]2CCOCC2)cc1. The van der Waals surface area contributed by atoms with Crippen molar-refractivity contribution in [1.82, 2.24) is 4.83 Å². The molecule has 0 spiro atoms. The maximum atomic E-state index is 12.0. The second-order valence-electron chi connectivity index (χ2n) is 4.13. The van der Waals surface area contributed by atoms with Gasteiger partial charge in [-0.2, -0.15) is 0 Å². The average molecular weight is 257 g/mol. The van der Waals surface area contributed by atoms with Crippen LogP contribution in [0.5, 0.6) is 0 Å². The largest absolute Gasteiger partial charge is 0.370 e. The van der Waals surface area contributed by atoms with E-state index in [-0.39, 0.29) is 0 Å². The van der Waals surface area contributed by atoms with E-state index in [0.717, 1.165) is 10.6 Å². The van der Waals surface area contributed by atoms with Gasteiger partial charge in [-0.05, 0) is 19.1 Å². The van der Waals surface area contributed by atoms with Crippen molar-refractivity contribution in [2.24, 2.45) is 0 Å². The van der Waals surface area contributed by atoms with Crippen LogP contribution in [0.4, 0.5) is 0 Å². The molecule has 5 nitrogen and oxygen atoms in total. The lowest BCUT2D eigenvalue weighted by Crippen LogP contribution is -3.20. The highest BCUT2D eigenvalue weighted by molar-refractivity contribution is 7.89. The quantitative estimate of drug-likeness (QED) is 0.738. The Morgan fingerprint density at radius 2 is 1.76 bits per heavy atom. The van der Waals surface area contributed by atoms with Crippen LogP contribution in [0, 0.1) is 6.92 Å². The molecule has 1 aromatic rings. The number of hydrogen-bond acceptors (Lipinski definition) is 3. The topological polar surface area (TPSA) is 59.8 Å². The van der Waals surface area contributed by atoms with Crippen LogP contribution in [0.2, 0.25) is 0 Å². The van der Waals surface area contributed by atoms with Crippen molar-refractivity contribution in [2.45, 2.75) is 11.8 Å². The maximum Gasteiger partial charge on any atom is 0.282 e. The summed E-state index contributed by atoms with van der Waals surface area (Å²) >= 11 is 0. The van der Waals surface area contributed by atoms with Gasteiger partial charge in [0.1, 0.15) is 13.1 Å². The van der Waals surface area contributed by atoms with Crippen molar-refractivity contribution in [2.75, 3.05) is 26.3 Å². The van der Waals surface area contributed by atoms with E-state index in [0.29, 0.717) is 31.2 Å². The molecule has 0 unspecified atom stereocenters. The van der Waals surface area contributed by atoms with Crippen LogP contribution in [-0.4, -0.2) is 34.7 Å². The molecule has 0 aliphatic carbocycles. The molecule has 0 amide bonds. The van der Waals surface area contributed by atoms with E-state index in [1.54, 1.807) is 24.3 Å². The summed E-state index contributed by atoms with van der Waals surface area (Å²) in [5, 5.41) is 0.830. The molecule has 1 saturated heterocycles. The van der Waals surface area contributed by atoms with Crippen LogP contribution in [0.25, 0.3) is 0 Å². The van der Waals surface area contributed by atoms with Gasteiger partial charge in [0.15, 0.2) is 0 Å². The van der Waals surface area contributed by atoms with Crippen molar-refractivity contribution in [3.05, 3.63) is 29.8 Å². The van der Waals surface area contributed by atoms with Crippen LogP contribution in [-0.2, 0) is 14.8 Å². The molecule has 1 fully saturated rings. The van der Waals surface area contributed by atoms with E-state index in [9.17, 15) is 8.42 Å². The van der Waals surface area contributed by atoms with Crippen molar-refractivity contribution in [1.29, 1.82) is 0 Å². The number of aryl methyl sites for hydroxylation is 1. The first kappa shape index (κ1) is 12.5. The zero-order valence-electron chi connectivity index (χ0n) is 9.77. The van der Waals surface area contributed by atoms with Gasteiger partial charge in [-0.1, -0.05) is 22.5 Å². The average Bonchev–Trinajstić information content (AvgIpc) is 2.30. The summed E-state index contributed by atoms with van der Waals surface area (Å²) in [7, 11) is -3.42. The van der Waals surface area contributed by atoms with Gasteiger partial charge in [-0.15, -0.1) is 0 Å². The number of ether oxygens (including phenoxy) is 1. The molecule has 6 heteroatoms. The minimum atomic E-state index is -3.42. The molecule has 2 N–H and O–H groups in total. The van der Waals surface area contributed by atoms with E-state index < -0.39 is 10.0 Å². The van der Waals surface area contributed by atoms with E-state index in [1.165, 1.54) is 0 Å². The van der Waals surface area contributed by atoms with Crippen LogP contribution >= 0.6 is 0 Å². The predicted octanol–water partition coefficient (Wildman–Crippen LogP) is -0.897. The number of sulfonamides is 1. The van der Waals surface area contributed by atoms with Gasteiger partial charge in [0.05, 0.1) is 18.1 Å². The Bertz CT molecular complexity index is 464. The summed E-state index contributed by atoms with van der Waals surface area (Å²) < 4.78 is 29.3. The summed E-state index contributed by atoms with van der Waals surface area (Å²) in [4.78, 5) is 2.95. The molecule has 1 aliphatic rings. The van der Waals surface area contributed by atoms with Crippen LogP contribution in [0.15, 0.2) is 29.2 Å². The monoisotopic (exact) mass is 257 g/mol. The van der Waals surface area contributed by atoms with Gasteiger partial charge < -0.3 is 4.74 Å². The molecule has 0 bridgehead atoms. The highest BCUT2D eigenvalue weighted by Crippen LogP contribution is 2.08. The zero-order chi connectivity index (χ0) is 12.3. The number of benzene rings is 1. The lowest BCUT2D eigenvalue weighted by atomic mass is 10.2. The summed E-state index contributed by atoms with van der Waals surface area (Å²) in [6.45, 7) is 4.42. The number of morpholine rings is 1. The number of rotatable bonds is 3. The Balaban J connectivity index is 2.10. The Hall–Kier alpha value is -0.950. The zero-order valence-corrected chi connectivity index (χ0v) is 10.6. The van der Waals surface area contributed by atoms with Crippen molar-refractivity contribution < 1.29 is 18.2 Å². The number of nitrogens with one attached hydrogen (secondary N) is 2. The molecule has 94 valence electrons. The Morgan fingerprint density at radius 1 is 1.18 bits per heavy atom. The molecule has 1 heterocycles. The van der Waals surface area contributed by atoms with Crippen molar-refractivity contribution in [3.63, 3.8) is 0 Å². The van der Waals surface area contributed by atoms with Crippen molar-refractivity contribution in [3.8, 4) is 0 Å². The highest BCUT2D eigenvalue weighted by atomic mass is 32.2. The first-order valence-corrected chi connectivity index (χ1v) is 7.08. The van der Waals surface area contributed by atoms with Gasteiger partial charge in [0.2, 0.25) is 0 Å². The second kappa shape index (κ2) is 5.14. The third-order valence-corrected chi connectivity index (χ3v) is 4.16. The molecular weight excluding hydrogens is 240 g/mol. The minimum Gasteiger partial charge on any atom is -0.370 e. The minimum absolute atomic E-state index is 0.307. The lowest BCUT2D eigenvalue weighted by molar-refractivity contribution is -0.938. The molecular formula is C11H17N2O3S+. The van der Waals surface area contributed by atoms with Gasteiger partial charge in [-0.25, -0.2) is 13.4 Å². The summed E-state index contributed by atoms with van der Waals surface area (Å²) in [6, 6.07) is 6.83. The lowest BCUT2D eigenvalue weighted by Gasteiger charge is -2.23. The third-order valence-electron chi connectivity index (χ3n) is 2.71. The molecule has 17 heavy (non-hydrogen) atoms. The molecule has 1 aliphatic heterocycles. The smallest absolute Gasteiger partial charge is 0.282 e. The van der Waals surface area contributed by atoms with Gasteiger partial charge >= 0.3 is 0 Å². The fraction of sp³-hybridized carbons (Fsp3) is 0.455. The fourth-order valence-corrected chi connectivity index (χ4v) is 2.88. The first-order chi connectivity index (χ1) is 8.08. The molecule has 0 radical (unpaired) electrons. The molecule has 0 saturated carbocycles. The fourth-order valence-electron chi connectivity index (χ4n) is 1.69. The highest BCUT2D eigenvalue weighted by Gasteiger charge is 2.22. The summed E-state index contributed by atoms with van der Waals surface area (Å²) in [5.41, 5.74) is 1.04. The second-order valence-corrected chi connectivity index (χ2v) is 5.82. The van der Waals surface area contributed by atoms with Gasteiger partial charge in [-0.3, -0.25) is 0 Å². The van der Waals surface area contributed by atoms with E-state index in [2.05, 4.69) is 4.83 Å². The van der Waals surface area contributed by atoms with Crippen LogP contribution in [0.3, 0.4) is 0 Å². The van der Waals surface area contributed by atoms with Crippen molar-refractivity contribution >= 4 is 10.0 Å². The van der Waals surface area contributed by atoms with E-state index in [1.807, 2.05) is 6.92 Å². The Morgan fingerprint density at radius 3 is 2.35 bits per heavy atom. The number of quaternary nitrogens is 1. The Labute approximate surface area is 101 Å².